The van der Waals surface area contributed by atoms with Crippen LogP contribution >= 0.6 is 0 Å². The van der Waals surface area contributed by atoms with Crippen LogP contribution in [0.15, 0.2) is 77.0 Å². The lowest BCUT2D eigenvalue weighted by atomic mass is 10.0. The Morgan fingerprint density at radius 1 is 1.08 bits per heavy atom. The number of ether oxygens (including phenoxy) is 1. The molecule has 4 heteroatoms. The summed E-state index contributed by atoms with van der Waals surface area (Å²) in [7, 11) is 0. The maximum Gasteiger partial charge on any atom is 0.368 e. The highest BCUT2D eigenvalue weighted by Gasteiger charge is 2.27. The van der Waals surface area contributed by atoms with E-state index in [9.17, 15) is 4.79 Å². The van der Waals surface area contributed by atoms with Crippen molar-refractivity contribution in [3.8, 4) is 5.75 Å². The van der Waals surface area contributed by atoms with Crippen molar-refractivity contribution in [3.05, 3.63) is 82.9 Å². The molecule has 1 aliphatic heterocycles. The van der Waals surface area contributed by atoms with Crippen molar-refractivity contribution in [2.75, 3.05) is 6.61 Å². The third-order valence-corrected chi connectivity index (χ3v) is 3.69. The van der Waals surface area contributed by atoms with Gasteiger partial charge in [0.15, 0.2) is 0 Å². The SMILES string of the molecule is CC(C)=CCOc1ccccc1/C=C1/C(=O)ON=C1c1ccccc1. The highest BCUT2D eigenvalue weighted by atomic mass is 16.7. The van der Waals surface area contributed by atoms with Gasteiger partial charge in [-0.3, -0.25) is 0 Å². The summed E-state index contributed by atoms with van der Waals surface area (Å²) in [5, 5.41) is 3.93. The molecule has 0 aromatic heterocycles. The summed E-state index contributed by atoms with van der Waals surface area (Å²) in [6, 6.07) is 17.1. The second-order valence-corrected chi connectivity index (χ2v) is 5.87. The van der Waals surface area contributed by atoms with Crippen LogP contribution in [0.25, 0.3) is 6.08 Å². The molecule has 25 heavy (non-hydrogen) atoms. The Hall–Kier alpha value is -3.14. The minimum absolute atomic E-state index is 0.421. The first-order chi connectivity index (χ1) is 12.1. The summed E-state index contributed by atoms with van der Waals surface area (Å²) in [6.45, 7) is 4.52. The zero-order chi connectivity index (χ0) is 17.6. The fraction of sp³-hybridized carbons (Fsp3) is 0.143. The van der Waals surface area contributed by atoms with Gasteiger partial charge in [0.25, 0.3) is 0 Å². The van der Waals surface area contributed by atoms with Crippen LogP contribution in [0.3, 0.4) is 0 Å². The van der Waals surface area contributed by atoms with Crippen LogP contribution in [0.2, 0.25) is 0 Å². The summed E-state index contributed by atoms with van der Waals surface area (Å²) in [5.41, 5.74) is 3.78. The van der Waals surface area contributed by atoms with Gasteiger partial charge >= 0.3 is 5.97 Å². The van der Waals surface area contributed by atoms with E-state index in [0.29, 0.717) is 23.6 Å². The molecular weight excluding hydrogens is 314 g/mol. The number of hydrogen-bond donors (Lipinski definition) is 0. The Labute approximate surface area is 147 Å². The molecule has 4 nitrogen and oxygen atoms in total. The number of hydrogen-bond acceptors (Lipinski definition) is 4. The van der Waals surface area contributed by atoms with E-state index < -0.39 is 5.97 Å². The molecule has 0 saturated carbocycles. The number of oxime groups is 1. The molecule has 0 unspecified atom stereocenters. The van der Waals surface area contributed by atoms with Crippen LogP contribution < -0.4 is 4.74 Å². The minimum Gasteiger partial charge on any atom is -0.489 e. The van der Waals surface area contributed by atoms with Crippen molar-refractivity contribution >= 4 is 17.8 Å². The predicted molar refractivity (Wildman–Crippen MR) is 98.4 cm³/mol. The van der Waals surface area contributed by atoms with E-state index in [-0.39, 0.29) is 0 Å². The predicted octanol–water partition coefficient (Wildman–Crippen LogP) is 4.38. The largest absolute Gasteiger partial charge is 0.489 e. The molecule has 2 aromatic rings. The zero-order valence-electron chi connectivity index (χ0n) is 14.2. The van der Waals surface area contributed by atoms with Gasteiger partial charge < -0.3 is 9.57 Å². The molecule has 0 spiro atoms. The minimum atomic E-state index is -0.460. The van der Waals surface area contributed by atoms with E-state index >= 15 is 0 Å². The maximum atomic E-state index is 12.1. The van der Waals surface area contributed by atoms with E-state index in [1.165, 1.54) is 5.57 Å². The molecule has 0 radical (unpaired) electrons. The second kappa shape index (κ2) is 7.62. The molecule has 0 saturated heterocycles. The van der Waals surface area contributed by atoms with Crippen molar-refractivity contribution in [3.63, 3.8) is 0 Å². The topological polar surface area (TPSA) is 47.9 Å². The van der Waals surface area contributed by atoms with Crippen LogP contribution in [0.5, 0.6) is 5.75 Å². The number of rotatable bonds is 5. The average Bonchev–Trinajstić information content (AvgIpc) is 2.98. The molecular formula is C21H19NO3. The summed E-state index contributed by atoms with van der Waals surface area (Å²) in [4.78, 5) is 17.0. The van der Waals surface area contributed by atoms with Gasteiger partial charge in [0, 0.05) is 11.1 Å². The first-order valence-electron chi connectivity index (χ1n) is 8.07. The summed E-state index contributed by atoms with van der Waals surface area (Å²) in [5.74, 6) is 0.248. The van der Waals surface area contributed by atoms with Crippen molar-refractivity contribution in [2.45, 2.75) is 13.8 Å². The Morgan fingerprint density at radius 2 is 1.80 bits per heavy atom. The van der Waals surface area contributed by atoms with E-state index in [2.05, 4.69) is 5.16 Å². The Morgan fingerprint density at radius 3 is 2.56 bits per heavy atom. The second-order valence-electron chi connectivity index (χ2n) is 5.87. The molecule has 0 N–H and O–H groups in total. The third kappa shape index (κ3) is 4.04. The number of carbonyl (C=O) groups excluding carboxylic acids is 1. The third-order valence-electron chi connectivity index (χ3n) is 3.69. The Kier molecular flexibility index (Phi) is 5.09. The lowest BCUT2D eigenvalue weighted by Gasteiger charge is -2.08. The van der Waals surface area contributed by atoms with Crippen LogP contribution in [0, 0.1) is 0 Å². The number of para-hydroxylation sites is 1. The molecule has 1 aliphatic rings. The van der Waals surface area contributed by atoms with Crippen molar-refractivity contribution in [1.29, 1.82) is 0 Å². The van der Waals surface area contributed by atoms with E-state index in [4.69, 9.17) is 9.57 Å². The van der Waals surface area contributed by atoms with Crippen LogP contribution in [0.1, 0.15) is 25.0 Å². The van der Waals surface area contributed by atoms with Gasteiger partial charge in [-0.15, -0.1) is 0 Å². The van der Waals surface area contributed by atoms with Gasteiger partial charge in [-0.1, -0.05) is 59.3 Å². The maximum absolute atomic E-state index is 12.1. The molecule has 1 heterocycles. The Bertz CT molecular complexity index is 860. The first kappa shape index (κ1) is 16.7. The van der Waals surface area contributed by atoms with Crippen molar-refractivity contribution in [1.82, 2.24) is 0 Å². The van der Waals surface area contributed by atoms with Gasteiger partial charge in [-0.05, 0) is 32.1 Å². The number of nitrogens with zero attached hydrogens (tertiary/aromatic N) is 1. The zero-order valence-corrected chi connectivity index (χ0v) is 14.2. The average molecular weight is 333 g/mol. The van der Waals surface area contributed by atoms with Crippen LogP contribution in [0.4, 0.5) is 0 Å². The molecule has 0 amide bonds. The van der Waals surface area contributed by atoms with E-state index in [0.717, 1.165) is 11.1 Å². The smallest absolute Gasteiger partial charge is 0.368 e. The van der Waals surface area contributed by atoms with Gasteiger partial charge in [-0.25, -0.2) is 4.79 Å². The van der Waals surface area contributed by atoms with Crippen LogP contribution in [-0.4, -0.2) is 18.3 Å². The van der Waals surface area contributed by atoms with Gasteiger partial charge in [0.05, 0.1) is 5.57 Å². The van der Waals surface area contributed by atoms with Crippen LogP contribution in [-0.2, 0) is 9.63 Å². The summed E-state index contributed by atoms with van der Waals surface area (Å²) >= 11 is 0. The van der Waals surface area contributed by atoms with E-state index in [1.807, 2.05) is 74.5 Å². The van der Waals surface area contributed by atoms with Gasteiger partial charge in [-0.2, -0.15) is 0 Å². The lowest BCUT2D eigenvalue weighted by Crippen LogP contribution is -2.07. The van der Waals surface area contributed by atoms with E-state index in [1.54, 1.807) is 6.08 Å². The molecule has 2 aromatic carbocycles. The fourth-order valence-electron chi connectivity index (χ4n) is 2.40. The standard InChI is InChI=1S/C21H19NO3/c1-15(2)12-13-24-19-11-7-6-10-17(19)14-18-20(22-25-21(18)23)16-8-4-3-5-9-16/h3-12,14H,13H2,1-2H3/b18-14+. The summed E-state index contributed by atoms with van der Waals surface area (Å²) in [6.07, 6.45) is 3.77. The number of carbonyl (C=O) groups is 1. The highest BCUT2D eigenvalue weighted by molar-refractivity contribution is 6.31. The Balaban J connectivity index is 1.93. The summed E-state index contributed by atoms with van der Waals surface area (Å²) < 4.78 is 5.82. The molecule has 0 fully saturated rings. The molecule has 0 atom stereocenters. The van der Waals surface area contributed by atoms with Crippen molar-refractivity contribution in [2.24, 2.45) is 5.16 Å². The first-order valence-corrected chi connectivity index (χ1v) is 8.07. The highest BCUT2D eigenvalue weighted by Crippen LogP contribution is 2.25. The van der Waals surface area contributed by atoms with Crippen molar-refractivity contribution < 1.29 is 14.4 Å². The molecule has 0 bridgehead atoms. The molecule has 3 rings (SSSR count). The lowest BCUT2D eigenvalue weighted by molar-refractivity contribution is -0.136. The van der Waals surface area contributed by atoms with Gasteiger partial charge in [0.2, 0.25) is 0 Å². The molecule has 126 valence electrons. The van der Waals surface area contributed by atoms with Gasteiger partial charge in [0.1, 0.15) is 18.1 Å². The number of allylic oxidation sites excluding steroid dienone is 1. The number of benzene rings is 2. The quantitative estimate of drug-likeness (QED) is 0.463. The normalized spacial score (nSPS) is 14.9. The molecule has 0 aliphatic carbocycles. The fourth-order valence-corrected chi connectivity index (χ4v) is 2.40. The monoisotopic (exact) mass is 333 g/mol.